The Hall–Kier alpha value is -1.06. The van der Waals surface area contributed by atoms with Gasteiger partial charge in [0.05, 0.1) is 6.61 Å². The summed E-state index contributed by atoms with van der Waals surface area (Å²) in [6.45, 7) is 7.70. The maximum Gasteiger partial charge on any atom is 0.119 e. The number of nitrogens with one attached hydrogen (secondary N) is 1. The van der Waals surface area contributed by atoms with Crippen LogP contribution < -0.4 is 15.8 Å². The van der Waals surface area contributed by atoms with Crippen molar-refractivity contribution in [1.29, 1.82) is 0 Å². The number of rotatable bonds is 9. The molecule has 3 nitrogen and oxygen atoms in total. The molecule has 1 aromatic rings. The lowest BCUT2D eigenvalue weighted by molar-refractivity contribution is 0.340. The molecular weight excluding hydrogens is 224 g/mol. The molecule has 0 saturated carbocycles. The normalized spacial score (nSPS) is 12.4. The fraction of sp³-hybridized carbons (Fsp3) is 0.600. The van der Waals surface area contributed by atoms with Crippen LogP contribution in [0.4, 0.5) is 0 Å². The largest absolute Gasteiger partial charge is 0.494 e. The first-order valence-electron chi connectivity index (χ1n) is 6.92. The van der Waals surface area contributed by atoms with E-state index in [9.17, 15) is 0 Å². The summed E-state index contributed by atoms with van der Waals surface area (Å²) in [5.41, 5.74) is 7.01. The first kappa shape index (κ1) is 15.0. The zero-order chi connectivity index (χ0) is 13.2. The predicted octanol–water partition coefficient (Wildman–Crippen LogP) is 2.20. The summed E-state index contributed by atoms with van der Waals surface area (Å²) in [6, 6.07) is 8.33. The number of hydrogen-bond donors (Lipinski definition) is 2. The molecule has 0 fully saturated rings. The molecule has 18 heavy (non-hydrogen) atoms. The lowest BCUT2D eigenvalue weighted by Gasteiger charge is -2.13. The Morgan fingerprint density at radius 2 is 1.94 bits per heavy atom. The summed E-state index contributed by atoms with van der Waals surface area (Å²) in [6.07, 6.45) is 2.19. The molecule has 102 valence electrons. The van der Waals surface area contributed by atoms with Gasteiger partial charge in [-0.05, 0) is 56.6 Å². The van der Waals surface area contributed by atoms with E-state index in [-0.39, 0.29) is 0 Å². The third-order valence-electron chi connectivity index (χ3n) is 3.17. The minimum absolute atomic E-state index is 0.602. The molecule has 3 heteroatoms. The van der Waals surface area contributed by atoms with E-state index < -0.39 is 0 Å². The minimum Gasteiger partial charge on any atom is -0.494 e. The van der Waals surface area contributed by atoms with E-state index in [0.717, 1.165) is 44.8 Å². The van der Waals surface area contributed by atoms with Gasteiger partial charge in [0.1, 0.15) is 5.75 Å². The molecule has 0 spiro atoms. The lowest BCUT2D eigenvalue weighted by atomic mass is 10.1. The maximum atomic E-state index is 5.67. The van der Waals surface area contributed by atoms with E-state index in [1.165, 1.54) is 5.56 Å². The molecule has 0 aliphatic rings. The molecule has 0 aliphatic heterocycles. The summed E-state index contributed by atoms with van der Waals surface area (Å²) in [5.74, 6) is 1.55. The number of nitrogens with two attached hydrogens (primary N) is 1. The van der Waals surface area contributed by atoms with Crippen molar-refractivity contribution in [1.82, 2.24) is 5.32 Å². The van der Waals surface area contributed by atoms with Gasteiger partial charge < -0.3 is 15.8 Å². The van der Waals surface area contributed by atoms with E-state index >= 15 is 0 Å². The van der Waals surface area contributed by atoms with Crippen molar-refractivity contribution in [2.45, 2.75) is 26.7 Å². The van der Waals surface area contributed by atoms with Gasteiger partial charge in [-0.1, -0.05) is 25.5 Å². The summed E-state index contributed by atoms with van der Waals surface area (Å²) < 4.78 is 5.42. The zero-order valence-electron chi connectivity index (χ0n) is 11.6. The van der Waals surface area contributed by atoms with Crippen LogP contribution in [0.15, 0.2) is 24.3 Å². The molecule has 1 unspecified atom stereocenters. The third-order valence-corrected chi connectivity index (χ3v) is 3.17. The van der Waals surface area contributed by atoms with E-state index in [2.05, 4.69) is 24.4 Å². The van der Waals surface area contributed by atoms with Crippen molar-refractivity contribution >= 4 is 0 Å². The Morgan fingerprint density at radius 3 is 2.50 bits per heavy atom. The van der Waals surface area contributed by atoms with Crippen molar-refractivity contribution in [3.63, 3.8) is 0 Å². The Kier molecular flexibility index (Phi) is 7.46. The summed E-state index contributed by atoms with van der Waals surface area (Å²) in [7, 11) is 0. The third kappa shape index (κ3) is 5.52. The van der Waals surface area contributed by atoms with Gasteiger partial charge in [0.2, 0.25) is 0 Å². The molecule has 0 saturated heterocycles. The Labute approximate surface area is 111 Å². The summed E-state index contributed by atoms with van der Waals surface area (Å²) in [5, 5.41) is 3.46. The quantitative estimate of drug-likeness (QED) is 0.661. The van der Waals surface area contributed by atoms with Crippen molar-refractivity contribution < 1.29 is 4.74 Å². The topological polar surface area (TPSA) is 47.3 Å². The van der Waals surface area contributed by atoms with Crippen LogP contribution in [0.3, 0.4) is 0 Å². The highest BCUT2D eigenvalue weighted by molar-refractivity contribution is 5.27. The molecule has 0 amide bonds. The second kappa shape index (κ2) is 8.95. The van der Waals surface area contributed by atoms with Crippen molar-refractivity contribution in [3.8, 4) is 5.75 Å². The number of hydrogen-bond acceptors (Lipinski definition) is 3. The van der Waals surface area contributed by atoms with Crippen LogP contribution in [-0.4, -0.2) is 26.2 Å². The summed E-state index contributed by atoms with van der Waals surface area (Å²) in [4.78, 5) is 0. The monoisotopic (exact) mass is 250 g/mol. The second-order valence-corrected chi connectivity index (χ2v) is 4.54. The van der Waals surface area contributed by atoms with Crippen molar-refractivity contribution in [2.24, 2.45) is 11.7 Å². The zero-order valence-corrected chi connectivity index (χ0v) is 11.6. The molecule has 3 N–H and O–H groups in total. The molecule has 0 radical (unpaired) electrons. The first-order valence-corrected chi connectivity index (χ1v) is 6.92. The average Bonchev–Trinajstić information content (AvgIpc) is 2.41. The molecule has 1 rings (SSSR count). The van der Waals surface area contributed by atoms with E-state index in [1.54, 1.807) is 0 Å². The molecule has 1 atom stereocenters. The van der Waals surface area contributed by atoms with Crippen LogP contribution in [0.25, 0.3) is 0 Å². The van der Waals surface area contributed by atoms with Crippen LogP contribution >= 0.6 is 0 Å². The molecular formula is C15H26N2O. The highest BCUT2D eigenvalue weighted by atomic mass is 16.5. The first-order chi connectivity index (χ1) is 8.80. The van der Waals surface area contributed by atoms with Crippen LogP contribution in [-0.2, 0) is 6.42 Å². The maximum absolute atomic E-state index is 5.67. The van der Waals surface area contributed by atoms with Crippen LogP contribution in [0.2, 0.25) is 0 Å². The molecule has 0 aliphatic carbocycles. The van der Waals surface area contributed by atoms with Crippen LogP contribution in [0.5, 0.6) is 5.75 Å². The van der Waals surface area contributed by atoms with E-state index in [0.29, 0.717) is 5.92 Å². The van der Waals surface area contributed by atoms with Gasteiger partial charge in [-0.15, -0.1) is 0 Å². The minimum atomic E-state index is 0.602. The summed E-state index contributed by atoms with van der Waals surface area (Å²) >= 11 is 0. The van der Waals surface area contributed by atoms with E-state index in [1.807, 2.05) is 19.1 Å². The average molecular weight is 250 g/mol. The highest BCUT2D eigenvalue weighted by Crippen LogP contribution is 2.12. The van der Waals surface area contributed by atoms with Gasteiger partial charge in [-0.2, -0.15) is 0 Å². The molecule has 0 heterocycles. The van der Waals surface area contributed by atoms with Gasteiger partial charge >= 0.3 is 0 Å². The molecule has 0 aromatic heterocycles. The number of benzene rings is 1. The highest BCUT2D eigenvalue weighted by Gasteiger charge is 2.02. The number of ether oxygens (including phenoxy) is 1. The molecule has 0 bridgehead atoms. The predicted molar refractivity (Wildman–Crippen MR) is 77.0 cm³/mol. The Morgan fingerprint density at radius 1 is 1.22 bits per heavy atom. The lowest BCUT2D eigenvalue weighted by Crippen LogP contribution is -2.29. The molecule has 1 aromatic carbocycles. The van der Waals surface area contributed by atoms with Crippen LogP contribution in [0.1, 0.15) is 25.8 Å². The fourth-order valence-corrected chi connectivity index (χ4v) is 1.85. The van der Waals surface area contributed by atoms with Gasteiger partial charge in [0.25, 0.3) is 0 Å². The SMILES string of the molecule is CCOc1ccc(CCNCC(CC)CN)cc1. The fourth-order valence-electron chi connectivity index (χ4n) is 1.85. The smallest absolute Gasteiger partial charge is 0.119 e. The second-order valence-electron chi connectivity index (χ2n) is 4.54. The van der Waals surface area contributed by atoms with Gasteiger partial charge in [-0.25, -0.2) is 0 Å². The van der Waals surface area contributed by atoms with Crippen LogP contribution in [0, 0.1) is 5.92 Å². The Bertz CT molecular complexity index is 307. The van der Waals surface area contributed by atoms with Gasteiger partial charge in [0.15, 0.2) is 0 Å². The standard InChI is InChI=1S/C15H26N2O/c1-3-13(11-16)12-17-10-9-14-5-7-15(8-6-14)18-4-2/h5-8,13,17H,3-4,9-12,16H2,1-2H3. The van der Waals surface area contributed by atoms with Crippen molar-refractivity contribution in [2.75, 3.05) is 26.2 Å². The Balaban J connectivity index is 2.22. The van der Waals surface area contributed by atoms with Gasteiger partial charge in [-0.3, -0.25) is 0 Å². The van der Waals surface area contributed by atoms with E-state index in [4.69, 9.17) is 10.5 Å². The van der Waals surface area contributed by atoms with Gasteiger partial charge in [0, 0.05) is 0 Å². The van der Waals surface area contributed by atoms with Crippen molar-refractivity contribution in [3.05, 3.63) is 29.8 Å².